The van der Waals surface area contributed by atoms with Crippen molar-refractivity contribution >= 4 is 5.69 Å². The van der Waals surface area contributed by atoms with Crippen LogP contribution < -0.4 is 10.5 Å². The molecular formula is C18H18N2O2. The first-order valence-corrected chi connectivity index (χ1v) is 7.21. The normalized spacial score (nSPS) is 10.9. The van der Waals surface area contributed by atoms with Gasteiger partial charge in [-0.15, -0.1) is 0 Å². The Hall–Kier alpha value is -2.75. The highest BCUT2D eigenvalue weighted by Crippen LogP contribution is 2.27. The zero-order chi connectivity index (χ0) is 15.5. The summed E-state index contributed by atoms with van der Waals surface area (Å²) in [5.41, 5.74) is 7.30. The Labute approximate surface area is 129 Å². The molecule has 0 saturated heterocycles. The molecule has 112 valence electrons. The Morgan fingerprint density at radius 2 is 1.55 bits per heavy atom. The molecule has 0 spiro atoms. The lowest BCUT2D eigenvalue weighted by molar-refractivity contribution is 0.482. The van der Waals surface area contributed by atoms with Gasteiger partial charge in [0.25, 0.3) is 0 Å². The minimum absolute atomic E-state index is 0.328. The maximum atomic E-state index is 5.76. The molecule has 0 fully saturated rings. The average molecular weight is 294 g/mol. The fourth-order valence-electron chi connectivity index (χ4n) is 2.02. The molecule has 3 rings (SSSR count). The van der Waals surface area contributed by atoms with Gasteiger partial charge in [-0.05, 0) is 48.5 Å². The van der Waals surface area contributed by atoms with Crippen molar-refractivity contribution in [2.24, 2.45) is 0 Å². The number of oxazole rings is 1. The van der Waals surface area contributed by atoms with Crippen LogP contribution >= 0.6 is 0 Å². The quantitative estimate of drug-likeness (QED) is 0.699. The summed E-state index contributed by atoms with van der Waals surface area (Å²) in [5, 5.41) is 0. The molecule has 2 N–H and O–H groups in total. The predicted molar refractivity (Wildman–Crippen MR) is 87.0 cm³/mol. The zero-order valence-corrected chi connectivity index (χ0v) is 12.6. The molecule has 0 unspecified atom stereocenters. The first-order valence-electron chi connectivity index (χ1n) is 7.21. The molecule has 0 aliphatic heterocycles. The summed E-state index contributed by atoms with van der Waals surface area (Å²) >= 11 is 0. The second-order valence-electron chi connectivity index (χ2n) is 5.42. The molecule has 0 amide bonds. The highest BCUT2D eigenvalue weighted by Gasteiger charge is 2.09. The van der Waals surface area contributed by atoms with Gasteiger partial charge < -0.3 is 14.9 Å². The van der Waals surface area contributed by atoms with Crippen molar-refractivity contribution in [2.45, 2.75) is 19.8 Å². The molecule has 0 aliphatic carbocycles. The first kappa shape index (κ1) is 14.2. The molecule has 1 aromatic heterocycles. The SMILES string of the molecule is CC(C)c1cnc(-c2ccc(Oc3ccc(N)cc3)cc2)o1. The van der Waals surface area contributed by atoms with Gasteiger partial charge in [-0.2, -0.15) is 0 Å². The lowest BCUT2D eigenvalue weighted by Crippen LogP contribution is -1.87. The molecule has 0 saturated carbocycles. The first-order chi connectivity index (χ1) is 10.6. The Morgan fingerprint density at radius 3 is 2.09 bits per heavy atom. The fraction of sp³-hybridized carbons (Fsp3) is 0.167. The molecule has 0 atom stereocenters. The molecule has 0 radical (unpaired) electrons. The summed E-state index contributed by atoms with van der Waals surface area (Å²) in [6, 6.07) is 15.0. The smallest absolute Gasteiger partial charge is 0.226 e. The molecule has 3 aromatic rings. The maximum Gasteiger partial charge on any atom is 0.226 e. The van der Waals surface area contributed by atoms with Gasteiger partial charge in [0.2, 0.25) is 5.89 Å². The van der Waals surface area contributed by atoms with Crippen LogP contribution in [0.2, 0.25) is 0 Å². The van der Waals surface area contributed by atoms with Gasteiger partial charge in [0.1, 0.15) is 17.3 Å². The van der Waals surface area contributed by atoms with E-state index in [0.29, 0.717) is 17.5 Å². The van der Waals surface area contributed by atoms with Gasteiger partial charge in [0, 0.05) is 17.2 Å². The lowest BCUT2D eigenvalue weighted by Gasteiger charge is -2.06. The van der Waals surface area contributed by atoms with E-state index in [1.165, 1.54) is 0 Å². The number of aromatic nitrogens is 1. The van der Waals surface area contributed by atoms with Gasteiger partial charge in [0.15, 0.2) is 0 Å². The van der Waals surface area contributed by atoms with Crippen molar-refractivity contribution in [2.75, 3.05) is 5.73 Å². The van der Waals surface area contributed by atoms with E-state index < -0.39 is 0 Å². The average Bonchev–Trinajstić information content (AvgIpc) is 3.00. The Bertz CT molecular complexity index is 744. The van der Waals surface area contributed by atoms with E-state index in [1.54, 1.807) is 6.20 Å². The van der Waals surface area contributed by atoms with Gasteiger partial charge in [-0.1, -0.05) is 13.8 Å². The standard InChI is InChI=1S/C18H18N2O2/c1-12(2)17-11-20-18(22-17)13-3-7-15(8-4-13)21-16-9-5-14(19)6-10-16/h3-12H,19H2,1-2H3. The van der Waals surface area contributed by atoms with Crippen LogP contribution in [0.3, 0.4) is 0 Å². The molecule has 22 heavy (non-hydrogen) atoms. The zero-order valence-electron chi connectivity index (χ0n) is 12.6. The second kappa shape index (κ2) is 5.93. The number of hydrogen-bond acceptors (Lipinski definition) is 4. The molecule has 2 aromatic carbocycles. The number of anilines is 1. The monoisotopic (exact) mass is 294 g/mol. The Balaban J connectivity index is 1.75. The van der Waals surface area contributed by atoms with Crippen LogP contribution in [0.15, 0.2) is 59.1 Å². The van der Waals surface area contributed by atoms with E-state index in [1.807, 2.05) is 48.5 Å². The van der Waals surface area contributed by atoms with Crippen LogP contribution in [0, 0.1) is 0 Å². The molecular weight excluding hydrogens is 276 g/mol. The van der Waals surface area contributed by atoms with Crippen LogP contribution in [0.5, 0.6) is 11.5 Å². The summed E-state index contributed by atoms with van der Waals surface area (Å²) in [6.07, 6.45) is 1.78. The van der Waals surface area contributed by atoms with E-state index >= 15 is 0 Å². The third-order valence-electron chi connectivity index (χ3n) is 3.31. The van der Waals surface area contributed by atoms with Gasteiger partial charge >= 0.3 is 0 Å². The number of ether oxygens (including phenoxy) is 1. The minimum Gasteiger partial charge on any atom is -0.457 e. The van der Waals surface area contributed by atoms with Gasteiger partial charge in [0.05, 0.1) is 6.20 Å². The number of nitrogen functional groups attached to an aromatic ring is 1. The Kier molecular flexibility index (Phi) is 3.83. The van der Waals surface area contributed by atoms with Crippen LogP contribution in [-0.2, 0) is 0 Å². The third kappa shape index (κ3) is 3.11. The highest BCUT2D eigenvalue weighted by molar-refractivity contribution is 5.55. The van der Waals surface area contributed by atoms with Crippen molar-refractivity contribution in [1.82, 2.24) is 4.98 Å². The molecule has 4 heteroatoms. The summed E-state index contributed by atoms with van der Waals surface area (Å²) < 4.78 is 11.5. The summed E-state index contributed by atoms with van der Waals surface area (Å²) in [6.45, 7) is 4.15. The number of rotatable bonds is 4. The second-order valence-corrected chi connectivity index (χ2v) is 5.42. The highest BCUT2D eigenvalue weighted by atomic mass is 16.5. The van der Waals surface area contributed by atoms with Gasteiger partial charge in [-0.3, -0.25) is 0 Å². The number of benzene rings is 2. The molecule has 1 heterocycles. The van der Waals surface area contributed by atoms with Gasteiger partial charge in [-0.25, -0.2) is 4.98 Å². The maximum absolute atomic E-state index is 5.76. The fourth-order valence-corrected chi connectivity index (χ4v) is 2.02. The van der Waals surface area contributed by atoms with E-state index in [9.17, 15) is 0 Å². The van der Waals surface area contributed by atoms with Crippen molar-refractivity contribution in [3.05, 3.63) is 60.5 Å². The summed E-state index contributed by atoms with van der Waals surface area (Å²) in [4.78, 5) is 4.31. The third-order valence-corrected chi connectivity index (χ3v) is 3.31. The van der Waals surface area contributed by atoms with Crippen molar-refractivity contribution in [1.29, 1.82) is 0 Å². The Morgan fingerprint density at radius 1 is 0.955 bits per heavy atom. The topological polar surface area (TPSA) is 61.3 Å². The van der Waals surface area contributed by atoms with E-state index in [4.69, 9.17) is 14.9 Å². The molecule has 0 aliphatic rings. The van der Waals surface area contributed by atoms with E-state index in [-0.39, 0.29) is 0 Å². The van der Waals surface area contributed by atoms with E-state index in [0.717, 1.165) is 22.8 Å². The number of nitrogens with zero attached hydrogens (tertiary/aromatic N) is 1. The largest absolute Gasteiger partial charge is 0.457 e. The number of nitrogens with two attached hydrogens (primary N) is 1. The lowest BCUT2D eigenvalue weighted by atomic mass is 10.2. The molecule has 0 bridgehead atoms. The van der Waals surface area contributed by atoms with Crippen LogP contribution in [0.4, 0.5) is 5.69 Å². The van der Waals surface area contributed by atoms with Crippen molar-refractivity contribution in [3.63, 3.8) is 0 Å². The van der Waals surface area contributed by atoms with Crippen LogP contribution in [0.25, 0.3) is 11.5 Å². The summed E-state index contributed by atoms with van der Waals surface area (Å²) in [7, 11) is 0. The van der Waals surface area contributed by atoms with Crippen molar-refractivity contribution < 1.29 is 9.15 Å². The van der Waals surface area contributed by atoms with Crippen LogP contribution in [-0.4, -0.2) is 4.98 Å². The molecule has 4 nitrogen and oxygen atoms in total. The van der Waals surface area contributed by atoms with Crippen LogP contribution in [0.1, 0.15) is 25.5 Å². The number of hydrogen-bond donors (Lipinski definition) is 1. The van der Waals surface area contributed by atoms with Crippen molar-refractivity contribution in [3.8, 4) is 23.0 Å². The minimum atomic E-state index is 0.328. The predicted octanol–water partition coefficient (Wildman–Crippen LogP) is 4.84. The summed E-state index contributed by atoms with van der Waals surface area (Å²) in [5.74, 6) is 3.35. The van der Waals surface area contributed by atoms with E-state index in [2.05, 4.69) is 18.8 Å².